The lowest BCUT2D eigenvalue weighted by Gasteiger charge is -2.12. The first-order valence-corrected chi connectivity index (χ1v) is 6.77. The van der Waals surface area contributed by atoms with Gasteiger partial charge in [-0.3, -0.25) is 9.59 Å². The van der Waals surface area contributed by atoms with Crippen LogP contribution >= 0.6 is 12.4 Å². The van der Waals surface area contributed by atoms with Crippen molar-refractivity contribution in [3.8, 4) is 5.75 Å². The van der Waals surface area contributed by atoms with Gasteiger partial charge >= 0.3 is 0 Å². The van der Waals surface area contributed by atoms with E-state index >= 15 is 0 Å². The number of rotatable bonds is 7. The first-order chi connectivity index (χ1) is 10.1. The molecular formula is C14H19ClFN3O3. The molecule has 1 aliphatic carbocycles. The number of hydrogen-bond donors (Lipinski definition) is 3. The lowest BCUT2D eigenvalue weighted by Crippen LogP contribution is -2.36. The fourth-order valence-corrected chi connectivity index (χ4v) is 1.66. The predicted octanol–water partition coefficient (Wildman–Crippen LogP) is 1.05. The molecule has 22 heavy (non-hydrogen) atoms. The van der Waals surface area contributed by atoms with E-state index in [0.29, 0.717) is 24.0 Å². The monoisotopic (exact) mass is 331 g/mol. The van der Waals surface area contributed by atoms with Crippen molar-refractivity contribution in [2.75, 3.05) is 25.0 Å². The Morgan fingerprint density at radius 1 is 1.32 bits per heavy atom. The molecule has 122 valence electrons. The third kappa shape index (κ3) is 5.87. The van der Waals surface area contributed by atoms with E-state index in [1.807, 2.05) is 0 Å². The lowest BCUT2D eigenvalue weighted by molar-refractivity contribution is -0.123. The minimum absolute atomic E-state index is 0. The zero-order valence-electron chi connectivity index (χ0n) is 11.9. The van der Waals surface area contributed by atoms with Crippen LogP contribution < -0.4 is 21.1 Å². The zero-order valence-corrected chi connectivity index (χ0v) is 12.7. The maximum atomic E-state index is 13.3. The maximum Gasteiger partial charge on any atom is 0.243 e. The highest BCUT2D eigenvalue weighted by Gasteiger charge is 2.22. The minimum atomic E-state index is -0.435. The van der Waals surface area contributed by atoms with Gasteiger partial charge in [-0.2, -0.15) is 0 Å². The smallest absolute Gasteiger partial charge is 0.243 e. The molecule has 0 heterocycles. The summed E-state index contributed by atoms with van der Waals surface area (Å²) in [6, 6.07) is 3.90. The van der Waals surface area contributed by atoms with Gasteiger partial charge < -0.3 is 21.1 Å². The molecule has 0 aromatic heterocycles. The highest BCUT2D eigenvalue weighted by molar-refractivity contribution is 5.95. The summed E-state index contributed by atoms with van der Waals surface area (Å²) in [5, 5.41) is 4.93. The Balaban J connectivity index is 0.00000242. The number of amides is 2. The number of hydrogen-bond acceptors (Lipinski definition) is 4. The zero-order chi connectivity index (χ0) is 15.2. The number of carbonyl (C=O) groups excluding carboxylic acids is 2. The number of benzene rings is 1. The highest BCUT2D eigenvalue weighted by Crippen LogP contribution is 2.32. The summed E-state index contributed by atoms with van der Waals surface area (Å²) in [7, 11) is 0. The van der Waals surface area contributed by atoms with Gasteiger partial charge in [0.1, 0.15) is 11.6 Å². The van der Waals surface area contributed by atoms with E-state index in [9.17, 15) is 14.0 Å². The molecule has 6 nitrogen and oxygen atoms in total. The molecule has 0 radical (unpaired) electrons. The second-order valence-corrected chi connectivity index (χ2v) is 4.92. The van der Waals surface area contributed by atoms with Gasteiger partial charge in [0.2, 0.25) is 11.8 Å². The normalized spacial score (nSPS) is 13.0. The summed E-state index contributed by atoms with van der Waals surface area (Å²) < 4.78 is 18.8. The van der Waals surface area contributed by atoms with Crippen LogP contribution in [0.25, 0.3) is 0 Å². The van der Waals surface area contributed by atoms with Crippen molar-refractivity contribution in [2.24, 2.45) is 11.7 Å². The van der Waals surface area contributed by atoms with Gasteiger partial charge in [-0.15, -0.1) is 12.4 Å². The first kappa shape index (κ1) is 18.2. The molecule has 1 saturated carbocycles. The average Bonchev–Trinajstić information content (AvgIpc) is 3.29. The molecule has 2 rings (SSSR count). The van der Waals surface area contributed by atoms with Gasteiger partial charge in [-0.25, -0.2) is 4.39 Å². The highest BCUT2D eigenvalue weighted by atomic mass is 35.5. The predicted molar refractivity (Wildman–Crippen MR) is 82.6 cm³/mol. The third-order valence-electron chi connectivity index (χ3n) is 3.02. The number of halogens is 2. The fourth-order valence-electron chi connectivity index (χ4n) is 1.66. The maximum absolute atomic E-state index is 13.3. The molecule has 0 aliphatic heterocycles. The number of nitrogens with two attached hydrogens (primary N) is 1. The summed E-state index contributed by atoms with van der Waals surface area (Å²) in [4.78, 5) is 22.7. The SMILES string of the molecule is Cl.NCC(=O)NCC(=O)Nc1ccc(F)cc1OCC1CC1. The van der Waals surface area contributed by atoms with Crippen LogP contribution in [0.5, 0.6) is 5.75 Å². The third-order valence-corrected chi connectivity index (χ3v) is 3.02. The Bertz CT molecular complexity index is 538. The second kappa shape index (κ2) is 8.55. The Kier molecular flexibility index (Phi) is 7.07. The van der Waals surface area contributed by atoms with E-state index in [0.717, 1.165) is 12.8 Å². The van der Waals surface area contributed by atoms with E-state index < -0.39 is 17.6 Å². The molecule has 0 spiro atoms. The minimum Gasteiger partial charge on any atom is -0.491 e. The van der Waals surface area contributed by atoms with Crippen molar-refractivity contribution in [3.05, 3.63) is 24.0 Å². The molecule has 2 amide bonds. The second-order valence-electron chi connectivity index (χ2n) is 4.92. The average molecular weight is 332 g/mol. The number of nitrogens with one attached hydrogen (secondary N) is 2. The summed E-state index contributed by atoms with van der Waals surface area (Å²) in [6.45, 7) is 0.130. The molecule has 0 saturated heterocycles. The van der Waals surface area contributed by atoms with Crippen molar-refractivity contribution in [3.63, 3.8) is 0 Å². The fraction of sp³-hybridized carbons (Fsp3) is 0.429. The topological polar surface area (TPSA) is 93.5 Å². The molecule has 4 N–H and O–H groups in total. The molecular weight excluding hydrogens is 313 g/mol. The van der Waals surface area contributed by atoms with Gasteiger partial charge in [0, 0.05) is 6.07 Å². The van der Waals surface area contributed by atoms with Crippen molar-refractivity contribution in [1.82, 2.24) is 5.32 Å². The Morgan fingerprint density at radius 2 is 2.05 bits per heavy atom. The standard InChI is InChI=1S/C14H18FN3O3.ClH/c15-10-3-4-11(12(5-10)21-8-9-1-2-9)18-14(20)7-17-13(19)6-16;/h3-5,9H,1-2,6-8,16H2,(H,17,19)(H,18,20);1H. The van der Waals surface area contributed by atoms with E-state index in [2.05, 4.69) is 10.6 Å². The number of anilines is 1. The Labute approximate surface area is 134 Å². The summed E-state index contributed by atoms with van der Waals surface area (Å²) >= 11 is 0. The van der Waals surface area contributed by atoms with Crippen LogP contribution in [-0.2, 0) is 9.59 Å². The first-order valence-electron chi connectivity index (χ1n) is 6.77. The van der Waals surface area contributed by atoms with E-state index in [4.69, 9.17) is 10.5 Å². The molecule has 0 bridgehead atoms. The van der Waals surface area contributed by atoms with E-state index in [1.165, 1.54) is 18.2 Å². The summed E-state index contributed by atoms with van der Waals surface area (Å²) in [6.07, 6.45) is 2.23. The molecule has 0 atom stereocenters. The van der Waals surface area contributed by atoms with Crippen LogP contribution in [0, 0.1) is 11.7 Å². The van der Waals surface area contributed by atoms with Gasteiger partial charge in [0.05, 0.1) is 25.4 Å². The Morgan fingerprint density at radius 3 is 2.68 bits per heavy atom. The van der Waals surface area contributed by atoms with Crippen LogP contribution in [0.15, 0.2) is 18.2 Å². The van der Waals surface area contributed by atoms with Crippen LogP contribution in [0.4, 0.5) is 10.1 Å². The molecule has 1 aromatic rings. The molecule has 8 heteroatoms. The van der Waals surface area contributed by atoms with Gasteiger partial charge in [0.25, 0.3) is 0 Å². The largest absolute Gasteiger partial charge is 0.491 e. The number of carbonyl (C=O) groups is 2. The summed E-state index contributed by atoms with van der Waals surface area (Å²) in [5.74, 6) is -0.481. The van der Waals surface area contributed by atoms with Crippen molar-refractivity contribution in [1.29, 1.82) is 0 Å². The summed E-state index contributed by atoms with van der Waals surface area (Å²) in [5.41, 5.74) is 5.50. The van der Waals surface area contributed by atoms with E-state index in [-0.39, 0.29) is 25.5 Å². The van der Waals surface area contributed by atoms with Gasteiger partial charge in [-0.1, -0.05) is 0 Å². The van der Waals surface area contributed by atoms with Crippen molar-refractivity contribution < 1.29 is 18.7 Å². The Hall–Kier alpha value is -1.86. The van der Waals surface area contributed by atoms with Crippen LogP contribution in [-0.4, -0.2) is 31.5 Å². The lowest BCUT2D eigenvalue weighted by atomic mass is 10.2. The number of ether oxygens (including phenoxy) is 1. The van der Waals surface area contributed by atoms with Crippen LogP contribution in [0.1, 0.15) is 12.8 Å². The van der Waals surface area contributed by atoms with Crippen molar-refractivity contribution in [2.45, 2.75) is 12.8 Å². The van der Waals surface area contributed by atoms with Crippen LogP contribution in [0.2, 0.25) is 0 Å². The molecule has 1 aromatic carbocycles. The molecule has 1 aliphatic rings. The van der Waals surface area contributed by atoms with E-state index in [1.54, 1.807) is 0 Å². The quantitative estimate of drug-likeness (QED) is 0.696. The van der Waals surface area contributed by atoms with Gasteiger partial charge in [0.15, 0.2) is 0 Å². The van der Waals surface area contributed by atoms with Crippen LogP contribution in [0.3, 0.4) is 0 Å². The molecule has 1 fully saturated rings. The van der Waals surface area contributed by atoms with Gasteiger partial charge in [-0.05, 0) is 30.9 Å². The molecule has 0 unspecified atom stereocenters. The van der Waals surface area contributed by atoms with Crippen molar-refractivity contribution >= 4 is 29.9 Å².